The minimum absolute atomic E-state index is 0.730. The zero-order valence-electron chi connectivity index (χ0n) is 14.0. The molecule has 0 bridgehead atoms. The molecule has 1 N–H and O–H groups in total. The van der Waals surface area contributed by atoms with Crippen LogP contribution in [0, 0.1) is 0 Å². The molecule has 1 rings (SSSR count). The van der Waals surface area contributed by atoms with Gasteiger partial charge in [0, 0.05) is 24.8 Å². The third kappa shape index (κ3) is 9.35. The first-order valence-corrected chi connectivity index (χ1v) is 8.34. The Hall–Kier alpha value is -1.22. The number of ether oxygens (including phenoxy) is 1. The molecule has 1 aromatic rings. The molecule has 0 spiro atoms. The minimum atomic E-state index is 0.730. The Balaban J connectivity index is 2.17. The Kier molecular flexibility index (Phi) is 9.71. The zero-order chi connectivity index (χ0) is 15.3. The molecule has 0 aliphatic heterocycles. The quantitative estimate of drug-likeness (QED) is 0.578. The molecule has 0 saturated heterocycles. The lowest BCUT2D eigenvalue weighted by molar-refractivity contribution is 0.261. The summed E-state index contributed by atoms with van der Waals surface area (Å²) in [7, 11) is 4.11. The molecule has 0 fully saturated rings. The Morgan fingerprint density at radius 2 is 1.81 bits per heavy atom. The second-order valence-corrected chi connectivity index (χ2v) is 5.87. The summed E-state index contributed by atoms with van der Waals surface area (Å²) in [5.41, 5.74) is 1.16. The Bertz CT molecular complexity index is 366. The van der Waals surface area contributed by atoms with Gasteiger partial charge in [-0.05, 0) is 32.6 Å². The third-order valence-electron chi connectivity index (χ3n) is 3.50. The van der Waals surface area contributed by atoms with Crippen molar-refractivity contribution in [1.29, 1.82) is 0 Å². The molecule has 3 nitrogen and oxygen atoms in total. The van der Waals surface area contributed by atoms with E-state index in [1.807, 2.05) is 6.07 Å². The average Bonchev–Trinajstić information content (AvgIpc) is 2.46. The van der Waals surface area contributed by atoms with E-state index >= 15 is 0 Å². The lowest BCUT2D eigenvalue weighted by Crippen LogP contribution is -2.19. The number of likely N-dealkylation sites (N-methyl/N-ethyl adjacent to an activating group) is 1. The van der Waals surface area contributed by atoms with Crippen LogP contribution in [0.3, 0.4) is 0 Å². The molecule has 0 atom stereocenters. The van der Waals surface area contributed by atoms with Crippen LogP contribution in [0.2, 0.25) is 0 Å². The van der Waals surface area contributed by atoms with Crippen LogP contribution in [0.15, 0.2) is 24.3 Å². The monoisotopic (exact) mass is 292 g/mol. The molecule has 0 heterocycles. The van der Waals surface area contributed by atoms with Crippen molar-refractivity contribution in [3.63, 3.8) is 0 Å². The highest BCUT2D eigenvalue weighted by Crippen LogP contribution is 2.17. The Morgan fingerprint density at radius 1 is 1.05 bits per heavy atom. The van der Waals surface area contributed by atoms with Gasteiger partial charge in [-0.3, -0.25) is 0 Å². The molecular formula is C18H32N2O. The average molecular weight is 292 g/mol. The number of hydrogen-bond donors (Lipinski definition) is 1. The van der Waals surface area contributed by atoms with Crippen LogP contribution in [-0.2, 0) is 0 Å². The maximum atomic E-state index is 5.75. The van der Waals surface area contributed by atoms with Crippen molar-refractivity contribution in [2.45, 2.75) is 45.4 Å². The number of anilines is 1. The topological polar surface area (TPSA) is 24.5 Å². The van der Waals surface area contributed by atoms with Gasteiger partial charge in [0.1, 0.15) is 12.4 Å². The first-order valence-electron chi connectivity index (χ1n) is 8.34. The van der Waals surface area contributed by atoms with E-state index in [4.69, 9.17) is 4.74 Å². The summed E-state index contributed by atoms with van der Waals surface area (Å²) >= 11 is 0. The standard InChI is InChI=1S/C18H32N2O/c1-4-5-6-7-8-9-13-19-17-11-10-12-18(16-17)21-15-14-20(2)3/h10-12,16,19H,4-9,13-15H2,1-3H3. The molecule has 21 heavy (non-hydrogen) atoms. The predicted molar refractivity (Wildman–Crippen MR) is 92.4 cm³/mol. The summed E-state index contributed by atoms with van der Waals surface area (Å²) in [5.74, 6) is 0.949. The largest absolute Gasteiger partial charge is 0.492 e. The van der Waals surface area contributed by atoms with Crippen LogP contribution in [0.1, 0.15) is 45.4 Å². The van der Waals surface area contributed by atoms with Gasteiger partial charge in [-0.1, -0.05) is 45.1 Å². The van der Waals surface area contributed by atoms with E-state index < -0.39 is 0 Å². The van der Waals surface area contributed by atoms with Crippen LogP contribution in [-0.4, -0.2) is 38.7 Å². The fraction of sp³-hybridized carbons (Fsp3) is 0.667. The Labute approximate surface area is 130 Å². The molecule has 0 aliphatic carbocycles. The van der Waals surface area contributed by atoms with Crippen molar-refractivity contribution in [1.82, 2.24) is 4.90 Å². The normalized spacial score (nSPS) is 10.9. The number of nitrogens with one attached hydrogen (secondary N) is 1. The highest BCUT2D eigenvalue weighted by atomic mass is 16.5. The number of benzene rings is 1. The van der Waals surface area contributed by atoms with E-state index in [1.54, 1.807) is 0 Å². The number of unbranched alkanes of at least 4 members (excludes halogenated alkanes) is 5. The number of hydrogen-bond acceptors (Lipinski definition) is 3. The highest BCUT2D eigenvalue weighted by molar-refractivity contribution is 5.48. The van der Waals surface area contributed by atoms with E-state index in [9.17, 15) is 0 Å². The summed E-state index contributed by atoms with van der Waals surface area (Å²) < 4.78 is 5.75. The minimum Gasteiger partial charge on any atom is -0.492 e. The van der Waals surface area contributed by atoms with Crippen LogP contribution in [0.25, 0.3) is 0 Å². The summed E-state index contributed by atoms with van der Waals surface area (Å²) in [5, 5.41) is 3.48. The second-order valence-electron chi connectivity index (χ2n) is 5.87. The smallest absolute Gasteiger partial charge is 0.121 e. The zero-order valence-corrected chi connectivity index (χ0v) is 14.0. The lowest BCUT2D eigenvalue weighted by Gasteiger charge is -2.12. The van der Waals surface area contributed by atoms with Crippen LogP contribution in [0.5, 0.6) is 5.75 Å². The van der Waals surface area contributed by atoms with Gasteiger partial charge in [-0.15, -0.1) is 0 Å². The fourth-order valence-electron chi connectivity index (χ4n) is 2.18. The molecular weight excluding hydrogens is 260 g/mol. The van der Waals surface area contributed by atoms with Crippen LogP contribution >= 0.6 is 0 Å². The van der Waals surface area contributed by atoms with Crippen molar-refractivity contribution >= 4 is 5.69 Å². The van der Waals surface area contributed by atoms with Gasteiger partial charge in [-0.25, -0.2) is 0 Å². The number of nitrogens with zero attached hydrogens (tertiary/aromatic N) is 1. The molecule has 0 unspecified atom stereocenters. The van der Waals surface area contributed by atoms with E-state index in [1.165, 1.54) is 38.5 Å². The van der Waals surface area contributed by atoms with Gasteiger partial charge < -0.3 is 15.0 Å². The van der Waals surface area contributed by atoms with Crippen molar-refractivity contribution in [2.75, 3.05) is 39.1 Å². The molecule has 0 amide bonds. The van der Waals surface area contributed by atoms with Gasteiger partial charge in [0.2, 0.25) is 0 Å². The third-order valence-corrected chi connectivity index (χ3v) is 3.50. The molecule has 0 radical (unpaired) electrons. The van der Waals surface area contributed by atoms with E-state index in [0.29, 0.717) is 0 Å². The fourth-order valence-corrected chi connectivity index (χ4v) is 2.18. The molecule has 1 aromatic carbocycles. The van der Waals surface area contributed by atoms with Gasteiger partial charge in [0.25, 0.3) is 0 Å². The second kappa shape index (κ2) is 11.4. The summed E-state index contributed by atoms with van der Waals surface area (Å²) in [6.45, 7) is 4.98. The van der Waals surface area contributed by atoms with Crippen molar-refractivity contribution in [3.8, 4) is 5.75 Å². The van der Waals surface area contributed by atoms with E-state index in [0.717, 1.165) is 31.1 Å². The van der Waals surface area contributed by atoms with E-state index in [-0.39, 0.29) is 0 Å². The van der Waals surface area contributed by atoms with Gasteiger partial charge in [-0.2, -0.15) is 0 Å². The molecule has 120 valence electrons. The molecule has 0 saturated carbocycles. The van der Waals surface area contributed by atoms with Crippen molar-refractivity contribution in [3.05, 3.63) is 24.3 Å². The maximum absolute atomic E-state index is 5.75. The Morgan fingerprint density at radius 3 is 2.57 bits per heavy atom. The van der Waals surface area contributed by atoms with Gasteiger partial charge in [0.05, 0.1) is 0 Å². The summed E-state index contributed by atoms with van der Waals surface area (Å²) in [4.78, 5) is 2.13. The lowest BCUT2D eigenvalue weighted by atomic mass is 10.1. The van der Waals surface area contributed by atoms with Crippen molar-refractivity contribution < 1.29 is 4.74 Å². The molecule has 0 aliphatic rings. The highest BCUT2D eigenvalue weighted by Gasteiger charge is 1.98. The maximum Gasteiger partial charge on any atom is 0.121 e. The molecule has 0 aromatic heterocycles. The van der Waals surface area contributed by atoms with Gasteiger partial charge in [0.15, 0.2) is 0 Å². The van der Waals surface area contributed by atoms with Crippen LogP contribution in [0.4, 0.5) is 5.69 Å². The first-order chi connectivity index (χ1) is 10.2. The SMILES string of the molecule is CCCCCCCCNc1cccc(OCCN(C)C)c1. The van der Waals surface area contributed by atoms with E-state index in [2.05, 4.69) is 49.4 Å². The van der Waals surface area contributed by atoms with Crippen LogP contribution < -0.4 is 10.1 Å². The summed E-state index contributed by atoms with van der Waals surface area (Å²) in [6, 6.07) is 8.27. The summed E-state index contributed by atoms with van der Waals surface area (Å²) in [6.07, 6.45) is 8.01. The predicted octanol–water partition coefficient (Wildman–Crippen LogP) is 4.40. The first kappa shape index (κ1) is 17.8. The van der Waals surface area contributed by atoms with Gasteiger partial charge >= 0.3 is 0 Å². The number of rotatable bonds is 12. The van der Waals surface area contributed by atoms with Crippen molar-refractivity contribution in [2.24, 2.45) is 0 Å². The molecule has 3 heteroatoms.